The molecule has 2 aromatic carbocycles. The molecule has 0 bridgehead atoms. The van der Waals surface area contributed by atoms with E-state index in [1.54, 1.807) is 23.1 Å². The number of nitrogens with zero attached hydrogens (tertiary/aromatic N) is 3. The number of anilines is 1. The first kappa shape index (κ1) is 22.8. The summed E-state index contributed by atoms with van der Waals surface area (Å²) < 4.78 is 6.13. The highest BCUT2D eigenvalue weighted by molar-refractivity contribution is 7.20. The minimum absolute atomic E-state index is 0.0399. The first-order valence-corrected chi connectivity index (χ1v) is 11.4. The zero-order valence-electron chi connectivity index (χ0n) is 17.5. The Bertz CT molecular complexity index is 1220. The van der Waals surface area contributed by atoms with Crippen LogP contribution in [0.2, 0.25) is 5.02 Å². The van der Waals surface area contributed by atoms with Gasteiger partial charge in [-0.05, 0) is 24.3 Å². The number of benzene rings is 2. The quantitative estimate of drug-likeness (QED) is 0.223. The van der Waals surface area contributed by atoms with Crippen LogP contribution in [-0.4, -0.2) is 54.5 Å². The third-order valence-corrected chi connectivity index (χ3v) is 6.98. The zero-order chi connectivity index (χ0) is 23.4. The Morgan fingerprint density at radius 1 is 1.09 bits per heavy atom. The van der Waals surface area contributed by atoms with Crippen LogP contribution in [0.4, 0.5) is 11.4 Å². The lowest BCUT2D eigenvalue weighted by atomic mass is 10.2. The van der Waals surface area contributed by atoms with Gasteiger partial charge >= 0.3 is 5.97 Å². The fourth-order valence-electron chi connectivity index (χ4n) is 3.56. The van der Waals surface area contributed by atoms with Gasteiger partial charge in [0.05, 0.1) is 9.95 Å². The molecule has 0 saturated carbocycles. The van der Waals surface area contributed by atoms with Crippen LogP contribution in [0.25, 0.3) is 16.2 Å². The maximum atomic E-state index is 12.4. The molecule has 1 aliphatic rings. The Morgan fingerprint density at radius 3 is 2.45 bits per heavy atom. The Kier molecular flexibility index (Phi) is 6.90. The molecule has 0 aliphatic carbocycles. The van der Waals surface area contributed by atoms with Crippen molar-refractivity contribution in [1.29, 1.82) is 0 Å². The molecule has 1 aromatic heterocycles. The van der Waals surface area contributed by atoms with Crippen molar-refractivity contribution >= 4 is 62.4 Å². The number of non-ortho nitro benzene ring substituents is 1. The summed E-state index contributed by atoms with van der Waals surface area (Å²) in [4.78, 5) is 39.3. The average Bonchev–Trinajstić information content (AvgIpc) is 3.17. The number of carbonyl (C=O) groups excluding carboxylic acids is 2. The minimum atomic E-state index is -0.610. The number of esters is 1. The summed E-state index contributed by atoms with van der Waals surface area (Å²) in [5.74, 6) is -0.874. The van der Waals surface area contributed by atoms with Crippen molar-refractivity contribution in [3.05, 3.63) is 74.6 Å². The second-order valence-electron chi connectivity index (χ2n) is 7.36. The molecule has 10 heteroatoms. The van der Waals surface area contributed by atoms with Crippen LogP contribution >= 0.6 is 22.9 Å². The number of amides is 1. The third kappa shape index (κ3) is 5.32. The van der Waals surface area contributed by atoms with Gasteiger partial charge in [0.2, 0.25) is 0 Å². The largest absolute Gasteiger partial charge is 0.452 e. The molecule has 8 nitrogen and oxygen atoms in total. The van der Waals surface area contributed by atoms with Crippen LogP contribution in [0.15, 0.2) is 54.6 Å². The highest BCUT2D eigenvalue weighted by Gasteiger charge is 2.22. The fraction of sp³-hybridized carbons (Fsp3) is 0.217. The van der Waals surface area contributed by atoms with E-state index >= 15 is 0 Å². The number of ether oxygens (including phenoxy) is 1. The summed E-state index contributed by atoms with van der Waals surface area (Å²) in [5.41, 5.74) is 0.905. The molecule has 1 saturated heterocycles. The number of hydrogen-bond acceptors (Lipinski definition) is 7. The van der Waals surface area contributed by atoms with Gasteiger partial charge in [0.25, 0.3) is 11.6 Å². The Hall–Kier alpha value is -3.43. The maximum absolute atomic E-state index is 12.4. The standard InChI is InChI=1S/C23H20ClN3O5S/c24-23-18-3-1-2-4-19(18)33-20(23)9-10-22(29)32-15-21(28)26-13-11-25(12-14-26)16-5-7-17(8-6-16)27(30)31/h1-10H,11-15H2/b10-9+. The molecule has 1 aliphatic heterocycles. The van der Waals surface area contributed by atoms with Gasteiger partial charge in [-0.25, -0.2) is 4.79 Å². The molecule has 33 heavy (non-hydrogen) atoms. The molecule has 0 atom stereocenters. The molecular formula is C23H20ClN3O5S. The number of halogens is 1. The van der Waals surface area contributed by atoms with Crippen LogP contribution in [0.3, 0.4) is 0 Å². The van der Waals surface area contributed by atoms with Crippen molar-refractivity contribution in [3.8, 4) is 0 Å². The lowest BCUT2D eigenvalue weighted by Crippen LogP contribution is -2.49. The van der Waals surface area contributed by atoms with Crippen LogP contribution in [0, 0.1) is 10.1 Å². The molecular weight excluding hydrogens is 466 g/mol. The van der Waals surface area contributed by atoms with Gasteiger partial charge in [0.1, 0.15) is 0 Å². The van der Waals surface area contributed by atoms with E-state index in [9.17, 15) is 19.7 Å². The Labute approximate surface area is 198 Å². The van der Waals surface area contributed by atoms with Gasteiger partial charge in [-0.3, -0.25) is 14.9 Å². The molecule has 0 radical (unpaired) electrons. The number of fused-ring (bicyclic) bond motifs is 1. The van der Waals surface area contributed by atoms with E-state index in [4.69, 9.17) is 16.3 Å². The molecule has 1 fully saturated rings. The lowest BCUT2D eigenvalue weighted by Gasteiger charge is -2.36. The number of nitro groups is 1. The number of piperazine rings is 1. The normalized spacial score (nSPS) is 14.1. The summed E-state index contributed by atoms with van der Waals surface area (Å²) >= 11 is 7.83. The third-order valence-electron chi connectivity index (χ3n) is 5.33. The second kappa shape index (κ2) is 10.0. The first-order valence-electron chi connectivity index (χ1n) is 10.2. The number of hydrogen-bond donors (Lipinski definition) is 0. The highest BCUT2D eigenvalue weighted by atomic mass is 35.5. The van der Waals surface area contributed by atoms with E-state index in [1.165, 1.54) is 29.5 Å². The maximum Gasteiger partial charge on any atom is 0.331 e. The Morgan fingerprint density at radius 2 is 1.79 bits per heavy atom. The fourth-order valence-corrected chi connectivity index (χ4v) is 4.95. The van der Waals surface area contributed by atoms with Gasteiger partial charge in [0.15, 0.2) is 6.61 Å². The van der Waals surface area contributed by atoms with Crippen molar-refractivity contribution in [1.82, 2.24) is 4.90 Å². The van der Waals surface area contributed by atoms with E-state index in [-0.39, 0.29) is 18.2 Å². The van der Waals surface area contributed by atoms with E-state index in [0.29, 0.717) is 31.2 Å². The van der Waals surface area contributed by atoms with E-state index in [0.717, 1.165) is 20.7 Å². The predicted octanol–water partition coefficient (Wildman–Crippen LogP) is 4.37. The molecule has 0 N–H and O–H groups in total. The van der Waals surface area contributed by atoms with Crippen molar-refractivity contribution in [3.63, 3.8) is 0 Å². The average molecular weight is 486 g/mol. The summed E-state index contributed by atoms with van der Waals surface area (Å²) in [6.07, 6.45) is 2.87. The Balaban J connectivity index is 1.25. The van der Waals surface area contributed by atoms with E-state index in [2.05, 4.69) is 4.90 Å². The number of thiophene rings is 1. The van der Waals surface area contributed by atoms with Crippen molar-refractivity contribution in [2.45, 2.75) is 0 Å². The molecule has 1 amide bonds. The van der Waals surface area contributed by atoms with E-state index < -0.39 is 10.9 Å². The van der Waals surface area contributed by atoms with Crippen molar-refractivity contribution in [2.24, 2.45) is 0 Å². The van der Waals surface area contributed by atoms with Gasteiger partial charge in [0, 0.05) is 65.0 Å². The van der Waals surface area contributed by atoms with Crippen molar-refractivity contribution in [2.75, 3.05) is 37.7 Å². The van der Waals surface area contributed by atoms with Crippen molar-refractivity contribution < 1.29 is 19.2 Å². The summed E-state index contributed by atoms with van der Waals surface area (Å²) in [7, 11) is 0. The second-order valence-corrected chi connectivity index (χ2v) is 8.82. The summed E-state index contributed by atoms with van der Waals surface area (Å²) in [6, 6.07) is 14.0. The van der Waals surface area contributed by atoms with Crippen LogP contribution < -0.4 is 4.90 Å². The van der Waals surface area contributed by atoms with Crippen LogP contribution in [-0.2, 0) is 14.3 Å². The first-order chi connectivity index (χ1) is 15.9. The summed E-state index contributed by atoms with van der Waals surface area (Å²) in [5, 5.41) is 12.3. The van der Waals surface area contributed by atoms with Crippen LogP contribution in [0.1, 0.15) is 4.88 Å². The topological polar surface area (TPSA) is 93.0 Å². The number of carbonyl (C=O) groups is 2. The SMILES string of the molecule is O=C(/C=C/c1sc2ccccc2c1Cl)OCC(=O)N1CCN(c2ccc([N+](=O)[O-])cc2)CC1. The number of rotatable bonds is 6. The molecule has 0 unspecified atom stereocenters. The number of nitro benzene ring substituents is 1. The lowest BCUT2D eigenvalue weighted by molar-refractivity contribution is -0.384. The van der Waals surface area contributed by atoms with Crippen LogP contribution in [0.5, 0.6) is 0 Å². The molecule has 2 heterocycles. The molecule has 3 aromatic rings. The zero-order valence-corrected chi connectivity index (χ0v) is 19.1. The smallest absolute Gasteiger partial charge is 0.331 e. The molecule has 0 spiro atoms. The molecule has 170 valence electrons. The van der Waals surface area contributed by atoms with Gasteiger partial charge in [-0.2, -0.15) is 0 Å². The van der Waals surface area contributed by atoms with Gasteiger partial charge in [-0.1, -0.05) is 29.8 Å². The predicted molar refractivity (Wildman–Crippen MR) is 129 cm³/mol. The van der Waals surface area contributed by atoms with E-state index in [1.807, 2.05) is 24.3 Å². The van der Waals surface area contributed by atoms with Gasteiger partial charge in [-0.15, -0.1) is 11.3 Å². The summed E-state index contributed by atoms with van der Waals surface area (Å²) in [6.45, 7) is 1.78. The monoisotopic (exact) mass is 485 g/mol. The highest BCUT2D eigenvalue weighted by Crippen LogP contribution is 2.35. The minimum Gasteiger partial charge on any atom is -0.452 e. The molecule has 4 rings (SSSR count). The van der Waals surface area contributed by atoms with Gasteiger partial charge < -0.3 is 14.5 Å².